The Morgan fingerprint density at radius 1 is 0.241 bits per heavy atom. The molecular weight excluding hydrogens is 707 g/mol. The van der Waals surface area contributed by atoms with E-state index in [1.54, 1.807) is 0 Å². The van der Waals surface area contributed by atoms with Gasteiger partial charge in [-0.1, -0.05) is 109 Å². The summed E-state index contributed by atoms with van der Waals surface area (Å²) in [5.74, 6) is 1.64. The predicted molar refractivity (Wildman–Crippen MR) is 241 cm³/mol. The molecule has 0 saturated carbocycles. The molecular formula is C54H35N3O. The van der Waals surface area contributed by atoms with Crippen LogP contribution in [0.15, 0.2) is 212 Å². The van der Waals surface area contributed by atoms with Gasteiger partial charge in [0.1, 0.15) is 11.5 Å². The minimum atomic E-state index is 0.810. The fourth-order valence-electron chi connectivity index (χ4n) is 9.10. The van der Waals surface area contributed by atoms with Crippen LogP contribution in [0.25, 0.3) is 93.6 Å². The molecule has 12 aromatic rings. The van der Waals surface area contributed by atoms with Crippen molar-refractivity contribution in [2.75, 3.05) is 0 Å². The minimum Gasteiger partial charge on any atom is -0.457 e. The van der Waals surface area contributed by atoms with Crippen LogP contribution in [-0.2, 0) is 0 Å². The molecule has 0 amide bonds. The third-order valence-corrected chi connectivity index (χ3v) is 11.7. The van der Waals surface area contributed by atoms with Gasteiger partial charge in [-0.05, 0) is 114 Å². The van der Waals surface area contributed by atoms with Gasteiger partial charge < -0.3 is 18.4 Å². The van der Waals surface area contributed by atoms with Crippen LogP contribution in [-0.4, -0.2) is 13.7 Å². The lowest BCUT2D eigenvalue weighted by atomic mass is 10.0. The molecule has 0 bridgehead atoms. The Morgan fingerprint density at radius 3 is 1.31 bits per heavy atom. The second-order valence-electron chi connectivity index (χ2n) is 15.0. The number of ether oxygens (including phenoxy) is 1. The van der Waals surface area contributed by atoms with Crippen molar-refractivity contribution in [1.82, 2.24) is 13.7 Å². The molecule has 12 rings (SSSR count). The summed E-state index contributed by atoms with van der Waals surface area (Å²) in [6.45, 7) is 0. The molecule has 4 heteroatoms. The van der Waals surface area contributed by atoms with Crippen LogP contribution < -0.4 is 4.74 Å². The van der Waals surface area contributed by atoms with Gasteiger partial charge in [-0.3, -0.25) is 0 Å². The molecule has 0 aliphatic rings. The van der Waals surface area contributed by atoms with Gasteiger partial charge in [0.05, 0.1) is 33.1 Å². The first-order valence-electron chi connectivity index (χ1n) is 19.8. The first-order valence-corrected chi connectivity index (χ1v) is 19.8. The number of para-hydroxylation sites is 5. The summed E-state index contributed by atoms with van der Waals surface area (Å²) < 4.78 is 13.3. The predicted octanol–water partition coefficient (Wildman–Crippen LogP) is 14.4. The van der Waals surface area contributed by atoms with E-state index in [0.717, 1.165) is 28.6 Å². The Kier molecular flexibility index (Phi) is 7.20. The number of nitrogens with zero attached hydrogens (tertiary/aromatic N) is 3. The van der Waals surface area contributed by atoms with Crippen molar-refractivity contribution in [3.8, 4) is 39.7 Å². The van der Waals surface area contributed by atoms with Gasteiger partial charge in [-0.25, -0.2) is 0 Å². The normalized spacial score (nSPS) is 11.8. The molecule has 58 heavy (non-hydrogen) atoms. The number of rotatable bonds is 6. The third-order valence-electron chi connectivity index (χ3n) is 11.7. The molecule has 0 spiro atoms. The second kappa shape index (κ2) is 12.9. The van der Waals surface area contributed by atoms with Crippen molar-refractivity contribution in [3.05, 3.63) is 212 Å². The molecule has 9 aromatic carbocycles. The van der Waals surface area contributed by atoms with E-state index in [0.29, 0.717) is 0 Å². The summed E-state index contributed by atoms with van der Waals surface area (Å²) >= 11 is 0. The van der Waals surface area contributed by atoms with Gasteiger partial charge in [0, 0.05) is 49.4 Å². The van der Waals surface area contributed by atoms with Crippen molar-refractivity contribution in [3.63, 3.8) is 0 Å². The van der Waals surface area contributed by atoms with E-state index in [-0.39, 0.29) is 0 Å². The van der Waals surface area contributed by atoms with Gasteiger partial charge in [-0.2, -0.15) is 0 Å². The van der Waals surface area contributed by atoms with Gasteiger partial charge in [0.15, 0.2) is 0 Å². The summed E-state index contributed by atoms with van der Waals surface area (Å²) in [5, 5.41) is 7.41. The van der Waals surface area contributed by atoms with E-state index in [4.69, 9.17) is 4.74 Å². The maximum atomic E-state index is 6.12. The quantitative estimate of drug-likeness (QED) is 0.166. The maximum Gasteiger partial charge on any atom is 0.127 e. The highest BCUT2D eigenvalue weighted by molar-refractivity contribution is 6.14. The third kappa shape index (κ3) is 5.02. The lowest BCUT2D eigenvalue weighted by Crippen LogP contribution is -1.96. The highest BCUT2D eigenvalue weighted by atomic mass is 16.5. The molecule has 0 aliphatic heterocycles. The molecule has 3 aromatic heterocycles. The summed E-state index contributed by atoms with van der Waals surface area (Å²) in [5.41, 5.74) is 12.9. The van der Waals surface area contributed by atoms with Crippen molar-refractivity contribution >= 4 is 65.4 Å². The van der Waals surface area contributed by atoms with E-state index in [1.807, 2.05) is 42.5 Å². The Morgan fingerprint density at radius 2 is 0.655 bits per heavy atom. The van der Waals surface area contributed by atoms with Crippen LogP contribution in [0.5, 0.6) is 11.5 Å². The Hall–Kier alpha value is -7.82. The smallest absolute Gasteiger partial charge is 0.127 e. The van der Waals surface area contributed by atoms with Gasteiger partial charge in [0.2, 0.25) is 0 Å². The van der Waals surface area contributed by atoms with Crippen molar-refractivity contribution in [2.45, 2.75) is 0 Å². The minimum absolute atomic E-state index is 0.810. The van der Waals surface area contributed by atoms with Crippen molar-refractivity contribution in [2.24, 2.45) is 0 Å². The van der Waals surface area contributed by atoms with E-state index in [1.165, 1.54) is 76.5 Å². The number of fused-ring (bicyclic) bond motifs is 9. The number of aromatic nitrogens is 3. The lowest BCUT2D eigenvalue weighted by Gasteiger charge is -2.11. The second-order valence-corrected chi connectivity index (χ2v) is 15.0. The maximum absolute atomic E-state index is 6.12. The molecule has 0 saturated heterocycles. The largest absolute Gasteiger partial charge is 0.457 e. The van der Waals surface area contributed by atoms with Gasteiger partial charge in [-0.15, -0.1) is 0 Å². The number of hydrogen-bond donors (Lipinski definition) is 0. The van der Waals surface area contributed by atoms with Gasteiger partial charge in [0.25, 0.3) is 0 Å². The SMILES string of the molecule is c1ccc(Oc2ccc(-n3c4ccccc4c4cc(-c5ccc6c7ccccc7n(-c7ccc8c(c7)c7ccccc7n8-c7ccccc7)c6c5)ccc43)cc2)cc1. The Bertz CT molecular complexity index is 3520. The van der Waals surface area contributed by atoms with Crippen LogP contribution in [0, 0.1) is 0 Å². The monoisotopic (exact) mass is 741 g/mol. The molecule has 0 aliphatic carbocycles. The molecule has 0 fully saturated rings. The van der Waals surface area contributed by atoms with Crippen LogP contribution in [0.1, 0.15) is 0 Å². The summed E-state index contributed by atoms with van der Waals surface area (Å²) in [7, 11) is 0. The standard InChI is InChI=1S/C54H35N3O/c1-3-13-38(14-4-1)55-51-22-12-9-19-45(51)48-35-40(27-32-53(48)55)57-49-20-10-7-17-43(49)46-30-23-37(34-54(46)57)36-24-31-52-47(33-36)44-18-8-11-21-50(44)56(52)39-25-28-42(29-26-39)58-41-15-5-2-6-16-41/h1-35H. The van der Waals surface area contributed by atoms with Crippen LogP contribution >= 0.6 is 0 Å². The van der Waals surface area contributed by atoms with Crippen molar-refractivity contribution < 1.29 is 4.74 Å². The van der Waals surface area contributed by atoms with Crippen molar-refractivity contribution in [1.29, 1.82) is 0 Å². The number of hydrogen-bond acceptors (Lipinski definition) is 1. The summed E-state index contributed by atoms with van der Waals surface area (Å²) in [6.07, 6.45) is 0. The lowest BCUT2D eigenvalue weighted by molar-refractivity contribution is 0.482. The van der Waals surface area contributed by atoms with E-state index in [2.05, 4.69) is 184 Å². The van der Waals surface area contributed by atoms with Crippen LogP contribution in [0.4, 0.5) is 0 Å². The average Bonchev–Trinajstić information content (AvgIpc) is 3.92. The highest BCUT2D eigenvalue weighted by Crippen LogP contribution is 2.40. The molecule has 4 nitrogen and oxygen atoms in total. The summed E-state index contributed by atoms with van der Waals surface area (Å²) in [6, 6.07) is 76.0. The highest BCUT2D eigenvalue weighted by Gasteiger charge is 2.18. The molecule has 3 heterocycles. The zero-order chi connectivity index (χ0) is 38.2. The summed E-state index contributed by atoms with van der Waals surface area (Å²) in [4.78, 5) is 0. The average molecular weight is 742 g/mol. The van der Waals surface area contributed by atoms with E-state index in [9.17, 15) is 0 Å². The molecule has 272 valence electrons. The van der Waals surface area contributed by atoms with Crippen LogP contribution in [0.3, 0.4) is 0 Å². The molecule has 0 N–H and O–H groups in total. The first kappa shape index (κ1) is 32.4. The van der Waals surface area contributed by atoms with E-state index >= 15 is 0 Å². The van der Waals surface area contributed by atoms with Crippen LogP contribution in [0.2, 0.25) is 0 Å². The fourth-order valence-corrected chi connectivity index (χ4v) is 9.10. The molecule has 0 unspecified atom stereocenters. The Labute approximate surface area is 334 Å². The molecule has 0 radical (unpaired) electrons. The zero-order valence-electron chi connectivity index (χ0n) is 31.5. The molecule has 0 atom stereocenters. The fraction of sp³-hybridized carbons (Fsp3) is 0. The Balaban J connectivity index is 1.00. The number of benzene rings is 9. The van der Waals surface area contributed by atoms with Gasteiger partial charge >= 0.3 is 0 Å². The zero-order valence-corrected chi connectivity index (χ0v) is 31.5. The first-order chi connectivity index (χ1) is 28.8. The topological polar surface area (TPSA) is 24.0 Å². The van der Waals surface area contributed by atoms with E-state index < -0.39 is 0 Å².